The predicted octanol–water partition coefficient (Wildman–Crippen LogP) is 1.29. The molecule has 4 N–H and O–H groups in total. The molecule has 0 spiro atoms. The molecule has 1 heterocycles. The van der Waals surface area contributed by atoms with Crippen LogP contribution < -0.4 is 11.5 Å². The van der Waals surface area contributed by atoms with Gasteiger partial charge in [0, 0.05) is 31.6 Å². The van der Waals surface area contributed by atoms with Gasteiger partial charge >= 0.3 is 0 Å². The number of hydrogen-bond acceptors (Lipinski definition) is 4. The summed E-state index contributed by atoms with van der Waals surface area (Å²) in [6, 6.07) is 5.78. The maximum absolute atomic E-state index is 6.02. The Hall–Kier alpha value is -1.26. The van der Waals surface area contributed by atoms with E-state index in [0.29, 0.717) is 5.92 Å². The number of ether oxygens (including phenoxy) is 1. The summed E-state index contributed by atoms with van der Waals surface area (Å²) >= 11 is 0. The van der Waals surface area contributed by atoms with E-state index in [1.807, 2.05) is 18.2 Å². The van der Waals surface area contributed by atoms with Crippen LogP contribution in [-0.2, 0) is 4.74 Å². The lowest BCUT2D eigenvalue weighted by atomic mass is 9.96. The minimum atomic E-state index is 0.510. The molecule has 1 fully saturated rings. The van der Waals surface area contributed by atoms with Gasteiger partial charge in [-0.15, -0.1) is 0 Å². The first-order valence-corrected chi connectivity index (χ1v) is 6.07. The van der Waals surface area contributed by atoms with Crippen LogP contribution in [0.4, 0.5) is 11.4 Å². The van der Waals surface area contributed by atoms with E-state index in [-0.39, 0.29) is 0 Å². The molecule has 0 saturated carbocycles. The molecular formula is C13H21N3O. The summed E-state index contributed by atoms with van der Waals surface area (Å²) in [6.07, 6.45) is 1.15. The standard InChI is InChI=1S/C13H21N3O/c1-17-7-6-16-5-4-10(9-16)12-8-11(14)2-3-13(12)15/h2-3,8,10H,4-7,9,14-15H2,1H3. The Morgan fingerprint density at radius 2 is 2.24 bits per heavy atom. The van der Waals surface area contributed by atoms with Crippen molar-refractivity contribution in [2.24, 2.45) is 0 Å². The lowest BCUT2D eigenvalue weighted by Crippen LogP contribution is -2.24. The number of nitrogens with zero attached hydrogens (tertiary/aromatic N) is 1. The molecule has 0 aromatic heterocycles. The summed E-state index contributed by atoms with van der Waals surface area (Å²) in [7, 11) is 1.74. The first kappa shape index (κ1) is 12.2. The van der Waals surface area contributed by atoms with Crippen LogP contribution in [0.1, 0.15) is 17.9 Å². The Kier molecular flexibility index (Phi) is 3.86. The molecule has 2 rings (SSSR count). The van der Waals surface area contributed by atoms with E-state index >= 15 is 0 Å². The van der Waals surface area contributed by atoms with Gasteiger partial charge in [0.2, 0.25) is 0 Å². The van der Waals surface area contributed by atoms with Crippen LogP contribution in [0.3, 0.4) is 0 Å². The largest absolute Gasteiger partial charge is 0.399 e. The van der Waals surface area contributed by atoms with Gasteiger partial charge in [-0.1, -0.05) is 0 Å². The van der Waals surface area contributed by atoms with Crippen LogP contribution in [0.2, 0.25) is 0 Å². The zero-order valence-electron chi connectivity index (χ0n) is 10.4. The molecule has 1 aliphatic heterocycles. The van der Waals surface area contributed by atoms with E-state index < -0.39 is 0 Å². The zero-order valence-corrected chi connectivity index (χ0v) is 10.4. The summed E-state index contributed by atoms with van der Waals surface area (Å²) in [6.45, 7) is 3.95. The van der Waals surface area contributed by atoms with Crippen LogP contribution in [0.15, 0.2) is 18.2 Å². The number of nitrogens with two attached hydrogens (primary N) is 2. The summed E-state index contributed by atoms with van der Waals surface area (Å²) in [5.74, 6) is 0.510. The Morgan fingerprint density at radius 3 is 3.00 bits per heavy atom. The average Bonchev–Trinajstić information content (AvgIpc) is 2.78. The van der Waals surface area contributed by atoms with Gasteiger partial charge in [0.1, 0.15) is 0 Å². The van der Waals surface area contributed by atoms with Crippen molar-refractivity contribution in [3.63, 3.8) is 0 Å². The monoisotopic (exact) mass is 235 g/mol. The molecule has 94 valence electrons. The third-order valence-corrected chi connectivity index (χ3v) is 3.43. The fourth-order valence-corrected chi connectivity index (χ4v) is 2.46. The Morgan fingerprint density at radius 1 is 1.41 bits per heavy atom. The van der Waals surface area contributed by atoms with Gasteiger partial charge in [0.05, 0.1) is 6.61 Å². The molecule has 0 radical (unpaired) electrons. The highest BCUT2D eigenvalue weighted by atomic mass is 16.5. The van der Waals surface area contributed by atoms with Gasteiger partial charge in [0.15, 0.2) is 0 Å². The molecule has 0 bridgehead atoms. The Labute approximate surface area is 103 Å². The highest BCUT2D eigenvalue weighted by molar-refractivity contribution is 5.56. The van der Waals surface area contributed by atoms with Crippen LogP contribution in [-0.4, -0.2) is 38.3 Å². The summed E-state index contributed by atoms with van der Waals surface area (Å²) < 4.78 is 5.10. The summed E-state index contributed by atoms with van der Waals surface area (Å²) in [4.78, 5) is 2.41. The molecule has 0 amide bonds. The highest BCUT2D eigenvalue weighted by Crippen LogP contribution is 2.31. The van der Waals surface area contributed by atoms with Gasteiger partial charge in [-0.3, -0.25) is 0 Å². The van der Waals surface area contributed by atoms with Crippen molar-refractivity contribution >= 4 is 11.4 Å². The van der Waals surface area contributed by atoms with Gasteiger partial charge in [-0.25, -0.2) is 0 Å². The van der Waals surface area contributed by atoms with Crippen molar-refractivity contribution in [3.05, 3.63) is 23.8 Å². The zero-order chi connectivity index (χ0) is 12.3. The molecule has 1 aromatic carbocycles. The average molecular weight is 235 g/mol. The van der Waals surface area contributed by atoms with E-state index in [2.05, 4.69) is 4.90 Å². The third kappa shape index (κ3) is 2.90. The van der Waals surface area contributed by atoms with Crippen molar-refractivity contribution in [1.29, 1.82) is 0 Å². The molecule has 17 heavy (non-hydrogen) atoms. The molecule has 4 nitrogen and oxygen atoms in total. The number of methoxy groups -OCH3 is 1. The number of rotatable bonds is 4. The molecule has 1 aliphatic rings. The summed E-state index contributed by atoms with van der Waals surface area (Å²) in [5, 5.41) is 0. The normalized spacial score (nSPS) is 20.9. The third-order valence-electron chi connectivity index (χ3n) is 3.43. The van der Waals surface area contributed by atoms with Crippen molar-refractivity contribution < 1.29 is 4.74 Å². The minimum absolute atomic E-state index is 0.510. The molecule has 1 aromatic rings. The Balaban J connectivity index is 2.02. The van der Waals surface area contributed by atoms with Gasteiger partial charge < -0.3 is 21.1 Å². The second kappa shape index (κ2) is 5.38. The highest BCUT2D eigenvalue weighted by Gasteiger charge is 2.24. The molecule has 1 saturated heterocycles. The van der Waals surface area contributed by atoms with Crippen LogP contribution >= 0.6 is 0 Å². The fourth-order valence-electron chi connectivity index (χ4n) is 2.46. The lowest BCUT2D eigenvalue weighted by Gasteiger charge is -2.16. The SMILES string of the molecule is COCCN1CCC(c2cc(N)ccc2N)C1. The first-order chi connectivity index (χ1) is 8.20. The fraction of sp³-hybridized carbons (Fsp3) is 0.538. The number of hydrogen-bond donors (Lipinski definition) is 2. The Bertz CT molecular complexity index is 381. The number of benzene rings is 1. The molecule has 1 unspecified atom stereocenters. The van der Waals surface area contributed by atoms with Crippen molar-refractivity contribution in [2.75, 3.05) is 44.8 Å². The smallest absolute Gasteiger partial charge is 0.0589 e. The van der Waals surface area contributed by atoms with Gasteiger partial charge in [0.25, 0.3) is 0 Å². The van der Waals surface area contributed by atoms with Crippen molar-refractivity contribution in [2.45, 2.75) is 12.3 Å². The van der Waals surface area contributed by atoms with Crippen LogP contribution in [0.25, 0.3) is 0 Å². The quantitative estimate of drug-likeness (QED) is 0.772. The van der Waals surface area contributed by atoms with Crippen molar-refractivity contribution in [1.82, 2.24) is 4.90 Å². The van der Waals surface area contributed by atoms with Crippen molar-refractivity contribution in [3.8, 4) is 0 Å². The number of anilines is 2. The predicted molar refractivity (Wildman–Crippen MR) is 70.9 cm³/mol. The second-order valence-corrected chi connectivity index (χ2v) is 4.67. The maximum Gasteiger partial charge on any atom is 0.0589 e. The van der Waals surface area contributed by atoms with Gasteiger partial charge in [-0.05, 0) is 42.6 Å². The van der Waals surface area contributed by atoms with Gasteiger partial charge in [-0.2, -0.15) is 0 Å². The molecule has 0 aliphatic carbocycles. The number of nitrogen functional groups attached to an aromatic ring is 2. The summed E-state index contributed by atoms with van der Waals surface area (Å²) in [5.41, 5.74) is 14.7. The topological polar surface area (TPSA) is 64.5 Å². The second-order valence-electron chi connectivity index (χ2n) is 4.67. The molecule has 1 atom stereocenters. The van der Waals surface area contributed by atoms with E-state index in [0.717, 1.165) is 44.0 Å². The maximum atomic E-state index is 6.02. The van der Waals surface area contributed by atoms with E-state index in [1.54, 1.807) is 7.11 Å². The van der Waals surface area contributed by atoms with Crippen LogP contribution in [0.5, 0.6) is 0 Å². The first-order valence-electron chi connectivity index (χ1n) is 6.07. The minimum Gasteiger partial charge on any atom is -0.399 e. The van der Waals surface area contributed by atoms with Crippen LogP contribution in [0, 0.1) is 0 Å². The molecule has 4 heteroatoms. The number of likely N-dealkylation sites (tertiary alicyclic amines) is 1. The molecular weight excluding hydrogens is 214 g/mol. The lowest BCUT2D eigenvalue weighted by molar-refractivity contribution is 0.160. The van der Waals surface area contributed by atoms with E-state index in [9.17, 15) is 0 Å². The van der Waals surface area contributed by atoms with E-state index in [1.165, 1.54) is 5.56 Å². The van der Waals surface area contributed by atoms with E-state index in [4.69, 9.17) is 16.2 Å².